The number of nitrogens with zero attached hydrogens (tertiary/aromatic N) is 2. The molecule has 0 spiro atoms. The first-order valence-corrected chi connectivity index (χ1v) is 9.16. The summed E-state index contributed by atoms with van der Waals surface area (Å²) in [6, 6.07) is 14.6. The molecule has 0 radical (unpaired) electrons. The Morgan fingerprint density at radius 1 is 1.08 bits per heavy atom. The van der Waals surface area contributed by atoms with Crippen LogP contribution in [0.3, 0.4) is 0 Å². The molecule has 1 aliphatic heterocycles. The molecular weight excluding hydrogens is 396 g/mol. The Morgan fingerprint density at radius 2 is 1.73 bits per heavy atom. The van der Waals surface area contributed by atoms with Crippen LogP contribution in [0.1, 0.15) is 45.7 Å². The average molecular weight is 415 g/mol. The lowest BCUT2D eigenvalue weighted by Gasteiger charge is -2.26. The number of benzene rings is 2. The molecule has 0 aliphatic carbocycles. The number of hydrogen-bond acceptors (Lipinski definition) is 3. The zero-order valence-corrected chi connectivity index (χ0v) is 16.2. The van der Waals surface area contributed by atoms with Crippen molar-refractivity contribution in [2.24, 2.45) is 0 Å². The third kappa shape index (κ3) is 3.42. The zero-order chi connectivity index (χ0) is 18.8. The summed E-state index contributed by atoms with van der Waals surface area (Å²) in [5.41, 5.74) is 1.80. The van der Waals surface area contributed by atoms with Gasteiger partial charge in [0.2, 0.25) is 5.91 Å². The number of halogens is 1. The quantitative estimate of drug-likeness (QED) is 0.701. The Labute approximate surface area is 160 Å². The van der Waals surface area contributed by atoms with Gasteiger partial charge in [-0.1, -0.05) is 46.3 Å². The van der Waals surface area contributed by atoms with Crippen molar-refractivity contribution in [1.29, 1.82) is 0 Å². The first-order chi connectivity index (χ1) is 12.4. The van der Waals surface area contributed by atoms with Crippen molar-refractivity contribution in [3.05, 3.63) is 69.7 Å². The van der Waals surface area contributed by atoms with E-state index in [1.165, 1.54) is 0 Å². The third-order valence-corrected chi connectivity index (χ3v) is 5.23. The maximum absolute atomic E-state index is 12.5. The average Bonchev–Trinajstić information content (AvgIpc) is 2.89. The minimum absolute atomic E-state index is 0.0780. The highest BCUT2D eigenvalue weighted by atomic mass is 79.9. The van der Waals surface area contributed by atoms with Crippen LogP contribution in [0.15, 0.2) is 53.0 Å². The summed E-state index contributed by atoms with van der Waals surface area (Å²) in [5.74, 6) is -0.805. The van der Waals surface area contributed by atoms with Crippen LogP contribution in [0, 0.1) is 0 Å². The van der Waals surface area contributed by atoms with Crippen LogP contribution in [-0.2, 0) is 4.79 Å². The minimum Gasteiger partial charge on any atom is -0.339 e. The van der Waals surface area contributed by atoms with Gasteiger partial charge in [-0.2, -0.15) is 0 Å². The van der Waals surface area contributed by atoms with Gasteiger partial charge < -0.3 is 4.90 Å². The smallest absolute Gasteiger partial charge is 0.261 e. The van der Waals surface area contributed by atoms with E-state index in [9.17, 15) is 14.4 Å². The molecule has 3 rings (SSSR count). The normalized spacial score (nSPS) is 14.3. The highest BCUT2D eigenvalue weighted by Gasteiger charge is 2.35. The number of imide groups is 1. The van der Waals surface area contributed by atoms with Gasteiger partial charge in [0.05, 0.1) is 17.2 Å². The Kier molecular flexibility index (Phi) is 5.23. The van der Waals surface area contributed by atoms with Crippen LogP contribution >= 0.6 is 15.9 Å². The number of rotatable bonds is 5. The van der Waals surface area contributed by atoms with Crippen LogP contribution < -0.4 is 0 Å². The largest absolute Gasteiger partial charge is 0.339 e. The standard InChI is InChI=1S/C20H19BrN2O3/c1-13(14-6-4-3-5-7-14)22(2)18(24)10-11-23-19(25)16-9-8-15(21)12-17(16)20(23)26/h3-9,12-13H,10-11H2,1-2H3. The Hall–Kier alpha value is -2.47. The van der Waals surface area contributed by atoms with Gasteiger partial charge in [-0.05, 0) is 30.7 Å². The molecule has 3 amide bonds. The molecule has 1 heterocycles. The van der Waals surface area contributed by atoms with Gasteiger partial charge in [0.25, 0.3) is 11.8 Å². The minimum atomic E-state index is -0.349. The topological polar surface area (TPSA) is 57.7 Å². The molecule has 2 aromatic rings. The SMILES string of the molecule is CC(c1ccccc1)N(C)C(=O)CCN1C(=O)c2ccc(Br)cc2C1=O. The molecule has 1 aliphatic rings. The van der Waals surface area contributed by atoms with Crippen LogP contribution in [0.25, 0.3) is 0 Å². The molecule has 134 valence electrons. The maximum atomic E-state index is 12.5. The predicted octanol–water partition coefficient (Wildman–Crippen LogP) is 3.65. The Morgan fingerprint density at radius 3 is 2.42 bits per heavy atom. The fourth-order valence-corrected chi connectivity index (χ4v) is 3.38. The molecule has 1 atom stereocenters. The number of carbonyl (C=O) groups is 3. The lowest BCUT2D eigenvalue weighted by atomic mass is 10.1. The summed E-state index contributed by atoms with van der Waals surface area (Å²) in [5, 5.41) is 0. The molecule has 0 aromatic heterocycles. The monoisotopic (exact) mass is 414 g/mol. The second-order valence-corrected chi connectivity index (χ2v) is 7.21. The van der Waals surface area contributed by atoms with Crippen molar-refractivity contribution in [2.75, 3.05) is 13.6 Å². The molecule has 2 aromatic carbocycles. The highest BCUT2D eigenvalue weighted by molar-refractivity contribution is 9.10. The van der Waals surface area contributed by atoms with E-state index in [0.29, 0.717) is 11.1 Å². The number of fused-ring (bicyclic) bond motifs is 1. The van der Waals surface area contributed by atoms with Crippen molar-refractivity contribution in [1.82, 2.24) is 9.80 Å². The summed E-state index contributed by atoms with van der Waals surface area (Å²) >= 11 is 3.31. The molecular formula is C20H19BrN2O3. The second kappa shape index (κ2) is 7.41. The molecule has 0 saturated heterocycles. The van der Waals surface area contributed by atoms with E-state index in [4.69, 9.17) is 0 Å². The summed E-state index contributed by atoms with van der Waals surface area (Å²) in [6.45, 7) is 2.03. The van der Waals surface area contributed by atoms with Gasteiger partial charge in [0, 0.05) is 24.5 Å². The van der Waals surface area contributed by atoms with Crippen molar-refractivity contribution in [2.45, 2.75) is 19.4 Å². The van der Waals surface area contributed by atoms with Crippen molar-refractivity contribution >= 4 is 33.7 Å². The summed E-state index contributed by atoms with van der Waals surface area (Å²) in [6.07, 6.45) is 0.0975. The van der Waals surface area contributed by atoms with Crippen LogP contribution in [0.4, 0.5) is 0 Å². The van der Waals surface area contributed by atoms with Gasteiger partial charge in [-0.25, -0.2) is 0 Å². The number of hydrogen-bond donors (Lipinski definition) is 0. The van der Waals surface area contributed by atoms with E-state index in [1.807, 2.05) is 37.3 Å². The summed E-state index contributed by atoms with van der Waals surface area (Å²) in [7, 11) is 1.74. The van der Waals surface area contributed by atoms with E-state index in [2.05, 4.69) is 15.9 Å². The van der Waals surface area contributed by atoms with Gasteiger partial charge in [-0.15, -0.1) is 0 Å². The Balaban J connectivity index is 1.65. The highest BCUT2D eigenvalue weighted by Crippen LogP contribution is 2.26. The lowest BCUT2D eigenvalue weighted by Crippen LogP contribution is -2.36. The van der Waals surface area contributed by atoms with Crippen LogP contribution in [0.5, 0.6) is 0 Å². The first-order valence-electron chi connectivity index (χ1n) is 8.36. The fraction of sp³-hybridized carbons (Fsp3) is 0.250. The Bertz CT molecular complexity index is 867. The second-order valence-electron chi connectivity index (χ2n) is 6.29. The molecule has 26 heavy (non-hydrogen) atoms. The van der Waals surface area contributed by atoms with E-state index in [1.54, 1.807) is 30.1 Å². The van der Waals surface area contributed by atoms with Crippen LogP contribution in [-0.4, -0.2) is 41.1 Å². The molecule has 6 heteroatoms. The van der Waals surface area contributed by atoms with Gasteiger partial charge in [0.1, 0.15) is 0 Å². The predicted molar refractivity (Wildman–Crippen MR) is 102 cm³/mol. The van der Waals surface area contributed by atoms with E-state index in [-0.39, 0.29) is 36.7 Å². The molecule has 0 fully saturated rings. The van der Waals surface area contributed by atoms with Gasteiger partial charge >= 0.3 is 0 Å². The molecule has 5 nitrogen and oxygen atoms in total. The molecule has 0 saturated carbocycles. The van der Waals surface area contributed by atoms with Crippen molar-refractivity contribution in [3.8, 4) is 0 Å². The number of carbonyl (C=O) groups excluding carboxylic acids is 3. The summed E-state index contributed by atoms with van der Waals surface area (Å²) in [4.78, 5) is 40.2. The maximum Gasteiger partial charge on any atom is 0.261 e. The van der Waals surface area contributed by atoms with Crippen molar-refractivity contribution in [3.63, 3.8) is 0 Å². The number of amides is 3. The fourth-order valence-electron chi connectivity index (χ4n) is 3.02. The van der Waals surface area contributed by atoms with E-state index < -0.39 is 0 Å². The van der Waals surface area contributed by atoms with E-state index >= 15 is 0 Å². The van der Waals surface area contributed by atoms with E-state index in [0.717, 1.165) is 14.9 Å². The van der Waals surface area contributed by atoms with Crippen molar-refractivity contribution < 1.29 is 14.4 Å². The van der Waals surface area contributed by atoms with Crippen LogP contribution in [0.2, 0.25) is 0 Å². The van der Waals surface area contributed by atoms with Gasteiger partial charge in [-0.3, -0.25) is 19.3 Å². The molecule has 0 N–H and O–H groups in total. The lowest BCUT2D eigenvalue weighted by molar-refractivity contribution is -0.131. The first kappa shape index (κ1) is 18.3. The summed E-state index contributed by atoms with van der Waals surface area (Å²) < 4.78 is 0.742. The molecule has 0 bridgehead atoms. The zero-order valence-electron chi connectivity index (χ0n) is 14.6. The van der Waals surface area contributed by atoms with Gasteiger partial charge in [0.15, 0.2) is 0 Å². The molecule has 1 unspecified atom stereocenters. The third-order valence-electron chi connectivity index (χ3n) is 4.74.